The van der Waals surface area contributed by atoms with Crippen LogP contribution >= 0.6 is 0 Å². The molecule has 2 rings (SSSR count). The Bertz CT molecular complexity index is 288. The van der Waals surface area contributed by atoms with E-state index in [9.17, 15) is 0 Å². The fraction of sp³-hybridized carbons (Fsp3) is 0.300. The summed E-state index contributed by atoms with van der Waals surface area (Å²) in [5.74, 6) is 0.801. The third kappa shape index (κ3) is 1.25. The lowest BCUT2D eigenvalue weighted by Gasteiger charge is -1.95. The van der Waals surface area contributed by atoms with Gasteiger partial charge in [-0.05, 0) is 24.3 Å². The Kier molecular flexibility index (Phi) is 1.40. The SMILES string of the molecule is [C-]#[N+]c1ccc(C2CC2)cc1. The van der Waals surface area contributed by atoms with E-state index in [1.165, 1.54) is 18.4 Å². The first-order valence-corrected chi connectivity index (χ1v) is 3.87. The fourth-order valence-corrected chi connectivity index (χ4v) is 1.24. The third-order valence-electron chi connectivity index (χ3n) is 2.07. The first-order chi connectivity index (χ1) is 5.40. The molecular formula is C10H9N. The summed E-state index contributed by atoms with van der Waals surface area (Å²) >= 11 is 0. The summed E-state index contributed by atoms with van der Waals surface area (Å²) in [5.41, 5.74) is 2.15. The van der Waals surface area contributed by atoms with Gasteiger partial charge in [-0.25, -0.2) is 4.85 Å². The van der Waals surface area contributed by atoms with Gasteiger partial charge in [0.05, 0.1) is 6.57 Å². The largest absolute Gasteiger partial charge is 0.238 e. The zero-order valence-electron chi connectivity index (χ0n) is 6.25. The molecule has 1 aliphatic carbocycles. The second-order valence-corrected chi connectivity index (χ2v) is 2.98. The maximum atomic E-state index is 6.76. The number of benzene rings is 1. The molecule has 0 unspecified atom stereocenters. The van der Waals surface area contributed by atoms with Gasteiger partial charge in [0.25, 0.3) is 0 Å². The van der Waals surface area contributed by atoms with Gasteiger partial charge in [-0.2, -0.15) is 0 Å². The molecule has 1 aromatic carbocycles. The van der Waals surface area contributed by atoms with Crippen LogP contribution in [0.25, 0.3) is 4.85 Å². The Morgan fingerprint density at radius 2 is 1.82 bits per heavy atom. The van der Waals surface area contributed by atoms with Crippen molar-refractivity contribution in [3.8, 4) is 0 Å². The van der Waals surface area contributed by atoms with E-state index >= 15 is 0 Å². The molecule has 0 bridgehead atoms. The van der Waals surface area contributed by atoms with Crippen molar-refractivity contribution in [2.24, 2.45) is 0 Å². The van der Waals surface area contributed by atoms with E-state index in [0.29, 0.717) is 0 Å². The van der Waals surface area contributed by atoms with Crippen molar-refractivity contribution in [3.05, 3.63) is 41.2 Å². The van der Waals surface area contributed by atoms with E-state index in [1.807, 2.05) is 12.1 Å². The van der Waals surface area contributed by atoms with Crippen LogP contribution < -0.4 is 0 Å². The highest BCUT2D eigenvalue weighted by Gasteiger charge is 2.22. The molecule has 11 heavy (non-hydrogen) atoms. The van der Waals surface area contributed by atoms with Gasteiger partial charge < -0.3 is 0 Å². The first-order valence-electron chi connectivity index (χ1n) is 3.87. The highest BCUT2D eigenvalue weighted by atomic mass is 14.6. The summed E-state index contributed by atoms with van der Waals surface area (Å²) < 4.78 is 0. The summed E-state index contributed by atoms with van der Waals surface area (Å²) in [6, 6.07) is 7.96. The van der Waals surface area contributed by atoms with Crippen LogP contribution in [-0.4, -0.2) is 0 Å². The Morgan fingerprint density at radius 1 is 1.18 bits per heavy atom. The van der Waals surface area contributed by atoms with Crippen molar-refractivity contribution in [3.63, 3.8) is 0 Å². The molecule has 0 radical (unpaired) electrons. The second-order valence-electron chi connectivity index (χ2n) is 2.98. The van der Waals surface area contributed by atoms with Gasteiger partial charge in [-0.15, -0.1) is 0 Å². The zero-order valence-corrected chi connectivity index (χ0v) is 6.25. The minimum absolute atomic E-state index is 0.745. The van der Waals surface area contributed by atoms with Crippen molar-refractivity contribution < 1.29 is 0 Å². The monoisotopic (exact) mass is 143 g/mol. The van der Waals surface area contributed by atoms with E-state index in [-0.39, 0.29) is 0 Å². The Hall–Kier alpha value is -1.29. The van der Waals surface area contributed by atoms with Crippen molar-refractivity contribution in [1.29, 1.82) is 0 Å². The van der Waals surface area contributed by atoms with Crippen LogP contribution in [0.1, 0.15) is 24.3 Å². The summed E-state index contributed by atoms with van der Waals surface area (Å²) in [4.78, 5) is 3.34. The first kappa shape index (κ1) is 6.42. The predicted octanol–water partition coefficient (Wildman–Crippen LogP) is 3.11. The van der Waals surface area contributed by atoms with Gasteiger partial charge in [0, 0.05) is 0 Å². The van der Waals surface area contributed by atoms with E-state index in [0.717, 1.165) is 11.6 Å². The summed E-state index contributed by atoms with van der Waals surface area (Å²) in [6.07, 6.45) is 2.66. The molecule has 0 spiro atoms. The van der Waals surface area contributed by atoms with Crippen molar-refractivity contribution in [2.45, 2.75) is 18.8 Å². The van der Waals surface area contributed by atoms with Gasteiger partial charge in [-0.3, -0.25) is 0 Å². The molecule has 0 N–H and O–H groups in total. The van der Waals surface area contributed by atoms with Crippen LogP contribution in [0, 0.1) is 6.57 Å². The molecular weight excluding hydrogens is 134 g/mol. The topological polar surface area (TPSA) is 4.36 Å². The summed E-state index contributed by atoms with van der Waals surface area (Å²) in [5, 5.41) is 0. The van der Waals surface area contributed by atoms with Crippen LogP contribution in [0.4, 0.5) is 5.69 Å². The minimum Gasteiger partial charge on any atom is -0.238 e. The molecule has 1 saturated carbocycles. The number of rotatable bonds is 1. The van der Waals surface area contributed by atoms with Crippen LogP contribution in [0.15, 0.2) is 24.3 Å². The van der Waals surface area contributed by atoms with Crippen LogP contribution in [0.3, 0.4) is 0 Å². The van der Waals surface area contributed by atoms with E-state index < -0.39 is 0 Å². The van der Waals surface area contributed by atoms with Gasteiger partial charge >= 0.3 is 0 Å². The highest BCUT2D eigenvalue weighted by Crippen LogP contribution is 2.40. The average Bonchev–Trinajstić information content (AvgIpc) is 2.87. The minimum atomic E-state index is 0.745. The normalized spacial score (nSPS) is 15.9. The maximum Gasteiger partial charge on any atom is 0.187 e. The Balaban J connectivity index is 2.27. The average molecular weight is 143 g/mol. The Labute approximate surface area is 66.5 Å². The fourth-order valence-electron chi connectivity index (χ4n) is 1.24. The van der Waals surface area contributed by atoms with E-state index in [4.69, 9.17) is 6.57 Å². The van der Waals surface area contributed by atoms with Crippen molar-refractivity contribution in [1.82, 2.24) is 0 Å². The van der Waals surface area contributed by atoms with Crippen molar-refractivity contribution >= 4 is 5.69 Å². The molecule has 1 aliphatic rings. The summed E-state index contributed by atoms with van der Waals surface area (Å²) in [7, 11) is 0. The van der Waals surface area contributed by atoms with Gasteiger partial charge in [-0.1, -0.05) is 24.3 Å². The van der Waals surface area contributed by atoms with Crippen molar-refractivity contribution in [2.75, 3.05) is 0 Å². The standard InChI is InChI=1S/C10H9N/c1-11-10-6-4-9(5-7-10)8-2-3-8/h4-8H,2-3H2. The van der Waals surface area contributed by atoms with Crippen LogP contribution in [-0.2, 0) is 0 Å². The molecule has 0 aromatic heterocycles. The number of hydrogen-bond donors (Lipinski definition) is 0. The lowest BCUT2D eigenvalue weighted by atomic mass is 10.1. The predicted molar refractivity (Wildman–Crippen MR) is 44.7 cm³/mol. The number of hydrogen-bond acceptors (Lipinski definition) is 0. The molecule has 0 aliphatic heterocycles. The van der Waals surface area contributed by atoms with Gasteiger partial charge in [0.15, 0.2) is 5.69 Å². The zero-order chi connectivity index (χ0) is 7.68. The molecule has 1 nitrogen and oxygen atoms in total. The van der Waals surface area contributed by atoms with Crippen LogP contribution in [0.5, 0.6) is 0 Å². The molecule has 0 heterocycles. The molecule has 0 amide bonds. The molecule has 0 saturated heterocycles. The van der Waals surface area contributed by atoms with Crippen LogP contribution in [0.2, 0.25) is 0 Å². The molecule has 1 aromatic rings. The molecule has 1 fully saturated rings. The maximum absolute atomic E-state index is 6.76. The quantitative estimate of drug-likeness (QED) is 0.532. The Morgan fingerprint density at radius 3 is 2.27 bits per heavy atom. The van der Waals surface area contributed by atoms with Gasteiger partial charge in [0.1, 0.15) is 0 Å². The number of nitrogens with zero attached hydrogens (tertiary/aromatic N) is 1. The molecule has 54 valence electrons. The lowest BCUT2D eigenvalue weighted by Crippen LogP contribution is -1.74. The third-order valence-corrected chi connectivity index (χ3v) is 2.07. The highest BCUT2D eigenvalue weighted by molar-refractivity contribution is 5.46. The molecule has 0 atom stereocenters. The summed E-state index contributed by atoms with van der Waals surface area (Å²) in [6.45, 7) is 6.76. The van der Waals surface area contributed by atoms with Gasteiger partial charge in [0.2, 0.25) is 0 Å². The lowest BCUT2D eigenvalue weighted by molar-refractivity contribution is 1.13. The smallest absolute Gasteiger partial charge is 0.187 e. The van der Waals surface area contributed by atoms with E-state index in [1.54, 1.807) is 0 Å². The molecule has 1 heteroatoms. The second kappa shape index (κ2) is 2.39. The van der Waals surface area contributed by atoms with E-state index in [2.05, 4.69) is 17.0 Å².